The maximum absolute atomic E-state index is 4.69. The van der Waals surface area contributed by atoms with Crippen molar-refractivity contribution in [3.8, 4) is 0 Å². The molecule has 0 aromatic heterocycles. The molecule has 0 fully saturated rings. The van der Waals surface area contributed by atoms with Gasteiger partial charge in [0, 0.05) is 18.7 Å². The van der Waals surface area contributed by atoms with Crippen LogP contribution in [0.2, 0.25) is 0 Å². The van der Waals surface area contributed by atoms with Gasteiger partial charge in [-0.1, -0.05) is 35.9 Å². The molecule has 0 N–H and O–H groups in total. The summed E-state index contributed by atoms with van der Waals surface area (Å²) in [5.41, 5.74) is 4.82. The zero-order valence-electron chi connectivity index (χ0n) is 11.7. The minimum absolute atomic E-state index is 0.949. The van der Waals surface area contributed by atoms with Crippen LogP contribution in [0.3, 0.4) is 0 Å². The Kier molecular flexibility index (Phi) is 4.48. The SMILES string of the molecule is C/C(S)=C\C=C(/C)N1CCC(c2ccc(C)cc2)=N1. The van der Waals surface area contributed by atoms with Crippen molar-refractivity contribution in [3.05, 3.63) is 58.1 Å². The van der Waals surface area contributed by atoms with Crippen LogP contribution < -0.4 is 0 Å². The van der Waals surface area contributed by atoms with E-state index in [1.807, 2.05) is 13.0 Å². The smallest absolute Gasteiger partial charge is 0.0700 e. The Morgan fingerprint density at radius 3 is 2.53 bits per heavy atom. The Morgan fingerprint density at radius 1 is 1.21 bits per heavy atom. The summed E-state index contributed by atoms with van der Waals surface area (Å²) in [6, 6.07) is 8.56. The molecule has 19 heavy (non-hydrogen) atoms. The Balaban J connectivity index is 2.14. The number of hydrogen-bond acceptors (Lipinski definition) is 3. The number of rotatable bonds is 3. The van der Waals surface area contributed by atoms with Crippen molar-refractivity contribution in [1.29, 1.82) is 0 Å². The van der Waals surface area contributed by atoms with Gasteiger partial charge in [-0.25, -0.2) is 0 Å². The summed E-state index contributed by atoms with van der Waals surface area (Å²) in [4.78, 5) is 1.00. The molecule has 1 aromatic carbocycles. The first-order valence-corrected chi connectivity index (χ1v) is 6.97. The highest BCUT2D eigenvalue weighted by Crippen LogP contribution is 2.18. The lowest BCUT2D eigenvalue weighted by Gasteiger charge is -2.13. The third kappa shape index (κ3) is 3.74. The quantitative estimate of drug-likeness (QED) is 0.646. The average Bonchev–Trinajstić information content (AvgIpc) is 2.86. The van der Waals surface area contributed by atoms with Gasteiger partial charge in [-0.2, -0.15) is 5.10 Å². The van der Waals surface area contributed by atoms with Crippen molar-refractivity contribution in [2.45, 2.75) is 27.2 Å². The molecule has 0 bridgehead atoms. The molecule has 0 radical (unpaired) electrons. The van der Waals surface area contributed by atoms with E-state index in [9.17, 15) is 0 Å². The normalized spacial score (nSPS) is 16.8. The van der Waals surface area contributed by atoms with Crippen LogP contribution in [0, 0.1) is 6.92 Å². The van der Waals surface area contributed by atoms with Gasteiger partial charge >= 0.3 is 0 Å². The number of allylic oxidation sites excluding steroid dienone is 4. The van der Waals surface area contributed by atoms with Crippen LogP contribution in [-0.4, -0.2) is 17.3 Å². The molecule has 1 aliphatic heterocycles. The average molecular weight is 272 g/mol. The van der Waals surface area contributed by atoms with E-state index in [0.29, 0.717) is 0 Å². The van der Waals surface area contributed by atoms with Crippen molar-refractivity contribution in [2.24, 2.45) is 5.10 Å². The number of thiol groups is 1. The van der Waals surface area contributed by atoms with E-state index in [4.69, 9.17) is 5.10 Å². The second-order valence-corrected chi connectivity index (χ2v) is 5.61. The minimum atomic E-state index is 0.949. The van der Waals surface area contributed by atoms with E-state index in [1.54, 1.807) is 0 Å². The van der Waals surface area contributed by atoms with E-state index in [1.165, 1.54) is 16.8 Å². The molecule has 0 amide bonds. The van der Waals surface area contributed by atoms with Gasteiger partial charge < -0.3 is 0 Å². The second-order valence-electron chi connectivity index (χ2n) is 4.90. The second kappa shape index (κ2) is 6.11. The largest absolute Gasteiger partial charge is 0.269 e. The van der Waals surface area contributed by atoms with E-state index < -0.39 is 0 Å². The number of hydrazone groups is 1. The van der Waals surface area contributed by atoms with Crippen LogP contribution in [0.4, 0.5) is 0 Å². The van der Waals surface area contributed by atoms with Crippen LogP contribution in [0.5, 0.6) is 0 Å². The van der Waals surface area contributed by atoms with Crippen molar-refractivity contribution in [1.82, 2.24) is 5.01 Å². The molecule has 2 nitrogen and oxygen atoms in total. The zero-order chi connectivity index (χ0) is 13.8. The summed E-state index contributed by atoms with van der Waals surface area (Å²) in [6.07, 6.45) is 5.06. The summed E-state index contributed by atoms with van der Waals surface area (Å²) in [5.74, 6) is 0. The van der Waals surface area contributed by atoms with Crippen LogP contribution in [-0.2, 0) is 0 Å². The molecule has 3 heteroatoms. The summed E-state index contributed by atoms with van der Waals surface area (Å²) in [7, 11) is 0. The Morgan fingerprint density at radius 2 is 1.89 bits per heavy atom. The highest BCUT2D eigenvalue weighted by molar-refractivity contribution is 7.84. The third-order valence-corrected chi connectivity index (χ3v) is 3.31. The van der Waals surface area contributed by atoms with Gasteiger partial charge in [0.1, 0.15) is 0 Å². The Bertz CT molecular complexity index is 534. The van der Waals surface area contributed by atoms with E-state index >= 15 is 0 Å². The molecule has 1 heterocycles. The van der Waals surface area contributed by atoms with Crippen molar-refractivity contribution >= 4 is 18.3 Å². The molecule has 0 atom stereocenters. The highest BCUT2D eigenvalue weighted by Gasteiger charge is 2.16. The first kappa shape index (κ1) is 13.9. The van der Waals surface area contributed by atoms with Crippen molar-refractivity contribution in [3.63, 3.8) is 0 Å². The lowest BCUT2D eigenvalue weighted by atomic mass is 10.1. The molecular formula is C16H20N2S. The molecular weight excluding hydrogens is 252 g/mol. The van der Waals surface area contributed by atoms with Gasteiger partial charge in [-0.15, -0.1) is 12.6 Å². The fourth-order valence-corrected chi connectivity index (χ4v) is 2.06. The van der Waals surface area contributed by atoms with Crippen LogP contribution >= 0.6 is 12.6 Å². The molecule has 1 aromatic rings. The predicted molar refractivity (Wildman–Crippen MR) is 85.5 cm³/mol. The molecule has 2 rings (SSSR count). The summed E-state index contributed by atoms with van der Waals surface area (Å²) >= 11 is 4.26. The minimum Gasteiger partial charge on any atom is -0.269 e. The van der Waals surface area contributed by atoms with Gasteiger partial charge in [0.25, 0.3) is 0 Å². The van der Waals surface area contributed by atoms with Gasteiger partial charge in [-0.3, -0.25) is 5.01 Å². The fourth-order valence-electron chi connectivity index (χ4n) is 1.99. The van der Waals surface area contributed by atoms with E-state index in [-0.39, 0.29) is 0 Å². The summed E-state index contributed by atoms with van der Waals surface area (Å²) in [6.45, 7) is 7.10. The Hall–Kier alpha value is -1.48. The van der Waals surface area contributed by atoms with Gasteiger partial charge in [0.05, 0.1) is 5.71 Å². The first-order valence-electron chi connectivity index (χ1n) is 6.52. The standard InChI is InChI=1S/C16H20N2S/c1-12-4-8-15(9-5-12)16-10-11-18(17-16)13(2)6-7-14(3)19/h4-9,19H,10-11H2,1-3H3/b13-6+,14-7+. The van der Waals surface area contributed by atoms with Gasteiger partial charge in [-0.05, 0) is 37.3 Å². The van der Waals surface area contributed by atoms with Crippen LogP contribution in [0.1, 0.15) is 31.4 Å². The molecule has 0 saturated carbocycles. The summed E-state index contributed by atoms with van der Waals surface area (Å²) in [5, 5.41) is 6.75. The number of aryl methyl sites for hydroxylation is 1. The number of benzene rings is 1. The number of hydrogen-bond donors (Lipinski definition) is 1. The lowest BCUT2D eigenvalue weighted by molar-refractivity contribution is 0.403. The molecule has 0 saturated heterocycles. The monoisotopic (exact) mass is 272 g/mol. The molecule has 1 aliphatic rings. The topological polar surface area (TPSA) is 15.6 Å². The lowest BCUT2D eigenvalue weighted by Crippen LogP contribution is -2.10. The first-order chi connectivity index (χ1) is 9.06. The third-order valence-electron chi connectivity index (χ3n) is 3.16. The molecule has 100 valence electrons. The van der Waals surface area contributed by atoms with Crippen LogP contribution in [0.15, 0.2) is 52.1 Å². The van der Waals surface area contributed by atoms with Crippen LogP contribution in [0.25, 0.3) is 0 Å². The Labute approximate surface area is 120 Å². The fraction of sp³-hybridized carbons (Fsp3) is 0.312. The molecule has 0 aliphatic carbocycles. The zero-order valence-corrected chi connectivity index (χ0v) is 12.6. The van der Waals surface area contributed by atoms with Crippen molar-refractivity contribution < 1.29 is 0 Å². The number of nitrogens with zero attached hydrogens (tertiary/aromatic N) is 2. The van der Waals surface area contributed by atoms with Crippen molar-refractivity contribution in [2.75, 3.05) is 6.54 Å². The van der Waals surface area contributed by atoms with E-state index in [0.717, 1.165) is 23.6 Å². The van der Waals surface area contributed by atoms with E-state index in [2.05, 4.69) is 61.8 Å². The summed E-state index contributed by atoms with van der Waals surface area (Å²) < 4.78 is 0. The van der Waals surface area contributed by atoms with Gasteiger partial charge in [0.2, 0.25) is 0 Å². The maximum Gasteiger partial charge on any atom is 0.0700 e. The highest BCUT2D eigenvalue weighted by atomic mass is 32.1. The van der Waals surface area contributed by atoms with Gasteiger partial charge in [0.15, 0.2) is 0 Å². The predicted octanol–water partition coefficient (Wildman–Crippen LogP) is 4.14. The molecule has 0 unspecified atom stereocenters. The maximum atomic E-state index is 4.69. The molecule has 0 spiro atoms.